The van der Waals surface area contributed by atoms with Crippen LogP contribution in [-0.2, 0) is 4.79 Å². The van der Waals surface area contributed by atoms with Gasteiger partial charge in [0.05, 0.1) is 5.69 Å². The second-order valence-corrected chi connectivity index (χ2v) is 3.33. The molecule has 1 amide bonds. The van der Waals surface area contributed by atoms with Gasteiger partial charge in [-0.05, 0) is 18.6 Å². The minimum Gasteiger partial charge on any atom is -0.397 e. The molecule has 3 nitrogen and oxygen atoms in total. The molecule has 0 aliphatic carbocycles. The molecule has 1 aliphatic heterocycles. The maximum atomic E-state index is 13.4. The van der Waals surface area contributed by atoms with Crippen molar-refractivity contribution in [1.82, 2.24) is 0 Å². The predicted molar refractivity (Wildman–Crippen MR) is 52.4 cm³/mol. The number of carbonyl (C=O) groups excluding carboxylic acids is 1. The van der Waals surface area contributed by atoms with Gasteiger partial charge < -0.3 is 10.6 Å². The largest absolute Gasteiger partial charge is 0.397 e. The van der Waals surface area contributed by atoms with Gasteiger partial charge in [0.2, 0.25) is 5.91 Å². The van der Waals surface area contributed by atoms with E-state index in [1.54, 1.807) is 6.07 Å². The number of nitrogen functional groups attached to an aromatic ring is 1. The van der Waals surface area contributed by atoms with Gasteiger partial charge in [-0.15, -0.1) is 0 Å². The van der Waals surface area contributed by atoms with E-state index in [0.29, 0.717) is 18.7 Å². The third kappa shape index (κ3) is 1.32. The monoisotopic (exact) mass is 194 g/mol. The Morgan fingerprint density at radius 3 is 2.79 bits per heavy atom. The van der Waals surface area contributed by atoms with Gasteiger partial charge in [-0.3, -0.25) is 4.79 Å². The number of hydrogen-bond donors (Lipinski definition) is 1. The second kappa shape index (κ2) is 3.29. The molecule has 0 atom stereocenters. The molecular weight excluding hydrogens is 183 g/mol. The summed E-state index contributed by atoms with van der Waals surface area (Å²) in [5.74, 6) is -0.484. The van der Waals surface area contributed by atoms with Gasteiger partial charge in [0.25, 0.3) is 0 Å². The van der Waals surface area contributed by atoms with Crippen LogP contribution in [0.5, 0.6) is 0 Å². The number of amides is 1. The number of halogens is 1. The zero-order chi connectivity index (χ0) is 10.1. The maximum Gasteiger partial charge on any atom is 0.227 e. The first-order valence-electron chi connectivity index (χ1n) is 4.54. The minimum atomic E-state index is -0.430. The van der Waals surface area contributed by atoms with Crippen LogP contribution in [0.1, 0.15) is 12.8 Å². The van der Waals surface area contributed by atoms with E-state index in [1.807, 2.05) is 0 Å². The molecule has 1 aromatic carbocycles. The topological polar surface area (TPSA) is 46.3 Å². The summed E-state index contributed by atoms with van der Waals surface area (Å²) in [4.78, 5) is 12.8. The van der Waals surface area contributed by atoms with Crippen molar-refractivity contribution in [3.05, 3.63) is 24.0 Å². The molecule has 1 aliphatic rings. The lowest BCUT2D eigenvalue weighted by atomic mass is 10.2. The van der Waals surface area contributed by atoms with Gasteiger partial charge >= 0.3 is 0 Å². The van der Waals surface area contributed by atoms with E-state index in [2.05, 4.69) is 0 Å². The van der Waals surface area contributed by atoms with E-state index < -0.39 is 5.82 Å². The molecule has 0 radical (unpaired) electrons. The summed E-state index contributed by atoms with van der Waals surface area (Å²) in [6.45, 7) is 0.559. The molecule has 1 fully saturated rings. The van der Waals surface area contributed by atoms with E-state index in [-0.39, 0.29) is 11.6 Å². The summed E-state index contributed by atoms with van der Waals surface area (Å²) >= 11 is 0. The standard InChI is InChI=1S/C10H11FN2O/c11-7-3-1-4-8(12)10(7)13-6-2-5-9(13)14/h1,3-4H,2,5-6,12H2. The lowest BCUT2D eigenvalue weighted by Gasteiger charge is -2.18. The number of carbonyl (C=O) groups is 1. The quantitative estimate of drug-likeness (QED) is 0.689. The summed E-state index contributed by atoms with van der Waals surface area (Å²) in [7, 11) is 0. The molecule has 1 heterocycles. The molecule has 74 valence electrons. The normalized spacial score (nSPS) is 16.4. The van der Waals surface area contributed by atoms with Crippen LogP contribution in [0.2, 0.25) is 0 Å². The molecular formula is C10H11FN2O. The summed E-state index contributed by atoms with van der Waals surface area (Å²) in [5, 5.41) is 0. The zero-order valence-corrected chi connectivity index (χ0v) is 7.66. The van der Waals surface area contributed by atoms with Crippen LogP contribution in [-0.4, -0.2) is 12.5 Å². The molecule has 2 rings (SSSR count). The summed E-state index contributed by atoms with van der Waals surface area (Å²) < 4.78 is 13.4. The molecule has 0 aromatic heterocycles. The lowest BCUT2D eigenvalue weighted by Crippen LogP contribution is -2.25. The van der Waals surface area contributed by atoms with Crippen molar-refractivity contribution in [2.24, 2.45) is 0 Å². The Bertz CT molecular complexity index is 358. The molecule has 0 unspecified atom stereocenters. The molecule has 14 heavy (non-hydrogen) atoms. The van der Waals surface area contributed by atoms with Crippen LogP contribution < -0.4 is 10.6 Å². The Morgan fingerprint density at radius 2 is 2.21 bits per heavy atom. The lowest BCUT2D eigenvalue weighted by molar-refractivity contribution is -0.117. The van der Waals surface area contributed by atoms with E-state index in [0.717, 1.165) is 6.42 Å². The van der Waals surface area contributed by atoms with Gasteiger partial charge in [-0.25, -0.2) is 4.39 Å². The highest BCUT2D eigenvalue weighted by molar-refractivity contribution is 5.98. The number of nitrogens with two attached hydrogens (primary N) is 1. The number of rotatable bonds is 1. The third-order valence-corrected chi connectivity index (χ3v) is 2.36. The number of para-hydroxylation sites is 1. The second-order valence-electron chi connectivity index (χ2n) is 3.33. The molecule has 0 bridgehead atoms. The average Bonchev–Trinajstić information content (AvgIpc) is 2.52. The summed E-state index contributed by atoms with van der Waals surface area (Å²) in [5.41, 5.74) is 6.18. The van der Waals surface area contributed by atoms with E-state index >= 15 is 0 Å². The highest BCUT2D eigenvalue weighted by atomic mass is 19.1. The molecule has 4 heteroatoms. The van der Waals surface area contributed by atoms with Crippen LogP contribution in [0.25, 0.3) is 0 Å². The smallest absolute Gasteiger partial charge is 0.227 e. The zero-order valence-electron chi connectivity index (χ0n) is 7.66. The van der Waals surface area contributed by atoms with Crippen molar-refractivity contribution in [3.8, 4) is 0 Å². The maximum absolute atomic E-state index is 13.4. The van der Waals surface area contributed by atoms with Crippen LogP contribution in [0.3, 0.4) is 0 Å². The van der Waals surface area contributed by atoms with Crippen LogP contribution >= 0.6 is 0 Å². The van der Waals surface area contributed by atoms with Gasteiger partial charge in [0.15, 0.2) is 0 Å². The Morgan fingerprint density at radius 1 is 1.43 bits per heavy atom. The van der Waals surface area contributed by atoms with Crippen molar-refractivity contribution >= 4 is 17.3 Å². The highest BCUT2D eigenvalue weighted by Crippen LogP contribution is 2.29. The van der Waals surface area contributed by atoms with Crippen molar-refractivity contribution in [3.63, 3.8) is 0 Å². The first kappa shape index (κ1) is 8.99. The molecule has 0 spiro atoms. The van der Waals surface area contributed by atoms with E-state index in [4.69, 9.17) is 5.73 Å². The Hall–Kier alpha value is -1.58. The van der Waals surface area contributed by atoms with Gasteiger partial charge in [0.1, 0.15) is 11.5 Å². The number of anilines is 2. The Labute approximate surface area is 81.3 Å². The molecule has 1 aromatic rings. The van der Waals surface area contributed by atoms with Crippen LogP contribution in [0.15, 0.2) is 18.2 Å². The Kier molecular flexibility index (Phi) is 2.11. The first-order chi connectivity index (χ1) is 6.70. The molecule has 1 saturated heterocycles. The third-order valence-electron chi connectivity index (χ3n) is 2.36. The average molecular weight is 194 g/mol. The van der Waals surface area contributed by atoms with Crippen molar-refractivity contribution in [1.29, 1.82) is 0 Å². The number of benzene rings is 1. The fraction of sp³-hybridized carbons (Fsp3) is 0.300. The first-order valence-corrected chi connectivity index (χ1v) is 4.54. The van der Waals surface area contributed by atoms with Crippen molar-refractivity contribution < 1.29 is 9.18 Å². The van der Waals surface area contributed by atoms with Gasteiger partial charge in [0, 0.05) is 13.0 Å². The SMILES string of the molecule is Nc1cccc(F)c1N1CCCC1=O. The highest BCUT2D eigenvalue weighted by Gasteiger charge is 2.25. The summed E-state index contributed by atoms with van der Waals surface area (Å²) in [6, 6.07) is 4.45. The van der Waals surface area contributed by atoms with Crippen molar-refractivity contribution in [2.75, 3.05) is 17.2 Å². The predicted octanol–water partition coefficient (Wildman–Crippen LogP) is 1.53. The molecule has 2 N–H and O–H groups in total. The Balaban J connectivity index is 2.44. The fourth-order valence-electron chi connectivity index (χ4n) is 1.70. The summed E-state index contributed by atoms with van der Waals surface area (Å²) in [6.07, 6.45) is 1.25. The minimum absolute atomic E-state index is 0.0539. The number of hydrogen-bond acceptors (Lipinski definition) is 2. The van der Waals surface area contributed by atoms with Crippen LogP contribution in [0.4, 0.5) is 15.8 Å². The molecule has 0 saturated carbocycles. The van der Waals surface area contributed by atoms with Gasteiger partial charge in [-0.1, -0.05) is 6.07 Å². The van der Waals surface area contributed by atoms with Crippen LogP contribution in [0, 0.1) is 5.82 Å². The van der Waals surface area contributed by atoms with Crippen molar-refractivity contribution in [2.45, 2.75) is 12.8 Å². The van der Waals surface area contributed by atoms with E-state index in [9.17, 15) is 9.18 Å². The number of nitrogens with zero attached hydrogens (tertiary/aromatic N) is 1. The fourth-order valence-corrected chi connectivity index (χ4v) is 1.70. The van der Waals surface area contributed by atoms with Gasteiger partial charge in [-0.2, -0.15) is 0 Å². The van der Waals surface area contributed by atoms with E-state index in [1.165, 1.54) is 17.0 Å².